The van der Waals surface area contributed by atoms with Gasteiger partial charge in [-0.25, -0.2) is 0 Å². The van der Waals surface area contributed by atoms with Crippen molar-refractivity contribution in [3.63, 3.8) is 0 Å². The summed E-state index contributed by atoms with van der Waals surface area (Å²) in [4.78, 5) is 22.2. The molecule has 0 aliphatic carbocycles. The Labute approximate surface area is 309 Å². The van der Waals surface area contributed by atoms with Crippen molar-refractivity contribution in [3.05, 3.63) is 118 Å². The van der Waals surface area contributed by atoms with Crippen molar-refractivity contribution < 1.29 is 23.8 Å². The maximum atomic E-state index is 11.2. The molecule has 4 rings (SSSR count). The highest BCUT2D eigenvalue weighted by Gasteiger charge is 2.09. The number of primary amides is 2. The van der Waals surface area contributed by atoms with E-state index in [-0.39, 0.29) is 24.7 Å². The SMILES string of the molecule is COc1cc(CC(N)=O)ccc1OCCNCCCc1cccc(C)c1.Cc1ccc(CCCNc2cc(CC(N)=O)ccc2OCCN)cc1C. The Balaban J connectivity index is 0.000000280. The molecule has 0 fully saturated rings. The second kappa shape index (κ2) is 22.7. The average Bonchev–Trinajstić information content (AvgIpc) is 3.11. The van der Waals surface area contributed by atoms with Crippen LogP contribution in [0.4, 0.5) is 5.69 Å². The van der Waals surface area contributed by atoms with Crippen molar-refractivity contribution in [1.82, 2.24) is 5.32 Å². The van der Waals surface area contributed by atoms with Gasteiger partial charge in [0, 0.05) is 19.6 Å². The second-order valence-electron chi connectivity index (χ2n) is 12.9. The summed E-state index contributed by atoms with van der Waals surface area (Å²) in [5.41, 5.74) is 25.3. The van der Waals surface area contributed by atoms with Crippen molar-refractivity contribution in [2.24, 2.45) is 17.2 Å². The van der Waals surface area contributed by atoms with Crippen LogP contribution in [-0.2, 0) is 35.3 Å². The molecule has 0 bridgehead atoms. The summed E-state index contributed by atoms with van der Waals surface area (Å²) in [5.74, 6) is 1.32. The standard InChI is InChI=1S/C21H29N3O2.C21H28N2O3/c1-15-5-6-17(12-16(15)2)4-3-10-24-19-13-18(14-21(23)25)7-8-20(19)26-11-9-22;1-16-5-3-6-17(13-16)7-4-10-23-11-12-26-19-9-8-18(15-21(22)24)14-20(19)25-2/h5-8,12-13,24H,3-4,9-11,14,22H2,1-2H3,(H2,23,25);3,5-6,8-9,13-14,23H,4,7,10-12,15H2,1-2H3,(H2,22,24). The lowest BCUT2D eigenvalue weighted by atomic mass is 10.0. The molecule has 0 unspecified atom stereocenters. The van der Waals surface area contributed by atoms with Gasteiger partial charge in [0.1, 0.15) is 19.0 Å². The third-order valence-electron chi connectivity index (χ3n) is 8.37. The van der Waals surface area contributed by atoms with Gasteiger partial charge < -0.3 is 42.0 Å². The molecule has 0 saturated heterocycles. The number of rotatable bonds is 21. The van der Waals surface area contributed by atoms with Crippen molar-refractivity contribution in [1.29, 1.82) is 0 Å². The topological polar surface area (TPSA) is 164 Å². The molecule has 0 heterocycles. The molecule has 4 aromatic rings. The maximum Gasteiger partial charge on any atom is 0.221 e. The van der Waals surface area contributed by atoms with E-state index in [1.165, 1.54) is 27.8 Å². The minimum atomic E-state index is -0.365. The van der Waals surface area contributed by atoms with Gasteiger partial charge in [-0.15, -0.1) is 0 Å². The van der Waals surface area contributed by atoms with Crippen molar-refractivity contribution in [2.45, 2.75) is 59.3 Å². The molecule has 52 heavy (non-hydrogen) atoms. The monoisotopic (exact) mass is 711 g/mol. The average molecular weight is 712 g/mol. The molecule has 280 valence electrons. The van der Waals surface area contributed by atoms with Crippen LogP contribution in [0.1, 0.15) is 51.8 Å². The molecule has 0 atom stereocenters. The number of carbonyl (C=O) groups excluding carboxylic acids is 2. The number of nitrogens with one attached hydrogen (secondary N) is 2. The van der Waals surface area contributed by atoms with Crippen LogP contribution in [0.15, 0.2) is 78.9 Å². The number of methoxy groups -OCH3 is 1. The minimum Gasteiger partial charge on any atom is -0.493 e. The summed E-state index contributed by atoms with van der Waals surface area (Å²) in [6.45, 7) is 10.4. The molecule has 10 nitrogen and oxygen atoms in total. The highest BCUT2D eigenvalue weighted by Crippen LogP contribution is 2.28. The van der Waals surface area contributed by atoms with Crippen LogP contribution in [0.3, 0.4) is 0 Å². The Bertz CT molecular complexity index is 1710. The van der Waals surface area contributed by atoms with Crippen LogP contribution in [0.2, 0.25) is 0 Å². The normalized spacial score (nSPS) is 10.6. The lowest BCUT2D eigenvalue weighted by molar-refractivity contribution is -0.118. The number of amides is 2. The quantitative estimate of drug-likeness (QED) is 0.0723. The lowest BCUT2D eigenvalue weighted by Crippen LogP contribution is -2.22. The number of hydrogen-bond acceptors (Lipinski definition) is 8. The molecule has 0 aliphatic heterocycles. The summed E-state index contributed by atoms with van der Waals surface area (Å²) in [6, 6.07) is 26.3. The van der Waals surface area contributed by atoms with Gasteiger partial charge in [-0.2, -0.15) is 0 Å². The van der Waals surface area contributed by atoms with Gasteiger partial charge in [0.2, 0.25) is 11.8 Å². The number of anilines is 1. The molecule has 2 amide bonds. The number of aryl methyl sites for hydroxylation is 5. The van der Waals surface area contributed by atoms with Crippen LogP contribution in [0.25, 0.3) is 0 Å². The second-order valence-corrected chi connectivity index (χ2v) is 12.9. The van der Waals surface area contributed by atoms with E-state index < -0.39 is 0 Å². The number of carbonyl (C=O) groups is 2. The Hall–Kier alpha value is -5.06. The van der Waals surface area contributed by atoms with Crippen LogP contribution >= 0.6 is 0 Å². The first kappa shape index (κ1) is 41.4. The molecule has 0 radical (unpaired) electrons. The Morgan fingerprint density at radius 1 is 0.635 bits per heavy atom. The molecule has 0 saturated carbocycles. The first-order chi connectivity index (χ1) is 25.1. The summed E-state index contributed by atoms with van der Waals surface area (Å²) in [6.07, 6.45) is 4.58. The zero-order valence-corrected chi connectivity index (χ0v) is 31.3. The Morgan fingerprint density at radius 2 is 1.27 bits per heavy atom. The Morgan fingerprint density at radius 3 is 1.92 bits per heavy atom. The zero-order chi connectivity index (χ0) is 37.7. The molecule has 4 aromatic carbocycles. The van der Waals surface area contributed by atoms with Crippen LogP contribution in [0, 0.1) is 20.8 Å². The molecular weight excluding hydrogens is 654 g/mol. The minimum absolute atomic E-state index is 0.194. The fourth-order valence-electron chi connectivity index (χ4n) is 5.58. The van der Waals surface area contributed by atoms with Gasteiger partial charge in [-0.3, -0.25) is 9.59 Å². The lowest BCUT2D eigenvalue weighted by Gasteiger charge is -2.14. The van der Waals surface area contributed by atoms with Crippen molar-refractivity contribution in [2.75, 3.05) is 51.8 Å². The molecule has 0 aromatic heterocycles. The zero-order valence-electron chi connectivity index (χ0n) is 31.3. The summed E-state index contributed by atoms with van der Waals surface area (Å²) < 4.78 is 16.8. The predicted molar refractivity (Wildman–Crippen MR) is 210 cm³/mol. The van der Waals surface area contributed by atoms with E-state index in [1.807, 2.05) is 30.3 Å². The maximum absolute atomic E-state index is 11.2. The highest BCUT2D eigenvalue weighted by molar-refractivity contribution is 5.77. The third-order valence-corrected chi connectivity index (χ3v) is 8.37. The predicted octanol–water partition coefficient (Wildman–Crippen LogP) is 5.35. The number of nitrogens with two attached hydrogens (primary N) is 3. The molecule has 8 N–H and O–H groups in total. The molecule has 0 spiro atoms. The van der Waals surface area contributed by atoms with E-state index in [2.05, 4.69) is 73.9 Å². The summed E-state index contributed by atoms with van der Waals surface area (Å²) in [7, 11) is 1.58. The van der Waals surface area contributed by atoms with Gasteiger partial charge >= 0.3 is 0 Å². The van der Waals surface area contributed by atoms with E-state index in [0.29, 0.717) is 31.3 Å². The largest absolute Gasteiger partial charge is 0.493 e. The van der Waals surface area contributed by atoms with Crippen molar-refractivity contribution >= 4 is 17.5 Å². The van der Waals surface area contributed by atoms with Gasteiger partial charge in [-0.1, -0.05) is 60.2 Å². The summed E-state index contributed by atoms with van der Waals surface area (Å²) in [5, 5.41) is 6.80. The first-order valence-corrected chi connectivity index (χ1v) is 18.0. The molecular formula is C42H57N5O5. The van der Waals surface area contributed by atoms with E-state index in [4.69, 9.17) is 31.4 Å². The fourth-order valence-corrected chi connectivity index (χ4v) is 5.58. The van der Waals surface area contributed by atoms with Crippen molar-refractivity contribution in [3.8, 4) is 17.2 Å². The number of ether oxygens (including phenoxy) is 3. The first-order valence-electron chi connectivity index (χ1n) is 18.0. The fraction of sp³-hybridized carbons (Fsp3) is 0.381. The van der Waals surface area contributed by atoms with E-state index in [9.17, 15) is 9.59 Å². The van der Waals surface area contributed by atoms with Crippen LogP contribution < -0.4 is 42.0 Å². The third kappa shape index (κ3) is 15.4. The molecule has 10 heteroatoms. The van der Waals surface area contributed by atoms with Gasteiger partial charge in [0.15, 0.2) is 11.5 Å². The van der Waals surface area contributed by atoms with E-state index >= 15 is 0 Å². The number of benzene rings is 4. The van der Waals surface area contributed by atoms with Crippen LogP contribution in [-0.4, -0.2) is 58.3 Å². The number of hydrogen-bond donors (Lipinski definition) is 5. The highest BCUT2D eigenvalue weighted by atomic mass is 16.5. The van der Waals surface area contributed by atoms with E-state index in [1.54, 1.807) is 13.2 Å². The van der Waals surface area contributed by atoms with Gasteiger partial charge in [0.25, 0.3) is 0 Å². The summed E-state index contributed by atoms with van der Waals surface area (Å²) >= 11 is 0. The van der Waals surface area contributed by atoms with Crippen LogP contribution in [0.5, 0.6) is 17.2 Å². The molecule has 0 aliphatic rings. The van der Waals surface area contributed by atoms with Gasteiger partial charge in [0.05, 0.1) is 25.6 Å². The van der Waals surface area contributed by atoms with Gasteiger partial charge in [-0.05, 0) is 111 Å². The van der Waals surface area contributed by atoms with E-state index in [0.717, 1.165) is 67.9 Å². The Kier molecular flexibility index (Phi) is 18.1. The smallest absolute Gasteiger partial charge is 0.221 e.